The van der Waals surface area contributed by atoms with Crippen molar-refractivity contribution in [3.05, 3.63) is 0 Å². The summed E-state index contributed by atoms with van der Waals surface area (Å²) in [6.45, 7) is 5.05. The molecular weight excluding hydrogens is 154 g/mol. The molecule has 1 unspecified atom stereocenters. The van der Waals surface area contributed by atoms with E-state index in [9.17, 15) is 9.59 Å². The van der Waals surface area contributed by atoms with Gasteiger partial charge in [-0.3, -0.25) is 9.59 Å². The number of rotatable bonds is 5. The van der Waals surface area contributed by atoms with Gasteiger partial charge in [0, 0.05) is 0 Å². The number of carbonyl (C=O) groups is 2. The maximum absolute atomic E-state index is 11.1. The minimum Gasteiger partial charge on any atom is -0.369 e. The molecule has 0 aromatic heterocycles. The predicted octanol–water partition coefficient (Wildman–Crippen LogP) is 1.26. The molecule has 0 aromatic rings. The summed E-state index contributed by atoms with van der Waals surface area (Å²) in [4.78, 5) is 22.1. The molecule has 0 saturated heterocycles. The van der Waals surface area contributed by atoms with Crippen molar-refractivity contribution in [1.29, 1.82) is 0 Å². The Morgan fingerprint density at radius 2 is 1.92 bits per heavy atom. The van der Waals surface area contributed by atoms with Crippen molar-refractivity contribution in [3.63, 3.8) is 0 Å². The molecule has 0 aromatic carbocycles. The van der Waals surface area contributed by atoms with E-state index in [-0.39, 0.29) is 5.78 Å². The number of carbonyl (C=O) groups excluding carboxylic acids is 2. The van der Waals surface area contributed by atoms with Crippen molar-refractivity contribution >= 4 is 11.7 Å². The fourth-order valence-corrected chi connectivity index (χ4v) is 1.00. The Hall–Kier alpha value is -0.860. The Morgan fingerprint density at radius 1 is 1.42 bits per heavy atom. The van der Waals surface area contributed by atoms with Crippen LogP contribution in [-0.2, 0) is 9.59 Å². The number of amides is 1. The van der Waals surface area contributed by atoms with Crippen LogP contribution >= 0.6 is 0 Å². The van der Waals surface area contributed by atoms with Gasteiger partial charge in [0.25, 0.3) is 0 Å². The highest BCUT2D eigenvalue weighted by Gasteiger charge is 2.35. The van der Waals surface area contributed by atoms with Crippen LogP contribution in [-0.4, -0.2) is 11.7 Å². The summed E-state index contributed by atoms with van der Waals surface area (Å²) in [5.41, 5.74) is 4.20. The number of nitrogens with two attached hydrogens (primary N) is 1. The van der Waals surface area contributed by atoms with Gasteiger partial charge in [-0.2, -0.15) is 0 Å². The number of primary amides is 1. The van der Waals surface area contributed by atoms with Gasteiger partial charge >= 0.3 is 0 Å². The minimum absolute atomic E-state index is 0.136. The van der Waals surface area contributed by atoms with Crippen LogP contribution in [0.2, 0.25) is 0 Å². The lowest BCUT2D eigenvalue weighted by atomic mass is 9.81. The monoisotopic (exact) mass is 171 g/mol. The van der Waals surface area contributed by atoms with E-state index in [0.29, 0.717) is 6.42 Å². The molecule has 0 saturated carbocycles. The summed E-state index contributed by atoms with van der Waals surface area (Å²) in [5, 5.41) is 0. The first kappa shape index (κ1) is 11.1. The lowest BCUT2D eigenvalue weighted by Crippen LogP contribution is -2.40. The first-order valence-corrected chi connectivity index (χ1v) is 4.26. The number of unbranched alkanes of at least 4 members (excludes halogenated alkanes) is 1. The van der Waals surface area contributed by atoms with Gasteiger partial charge in [-0.05, 0) is 20.3 Å². The molecule has 0 heterocycles. The molecule has 70 valence electrons. The maximum atomic E-state index is 11.1. The number of ketones is 1. The van der Waals surface area contributed by atoms with E-state index in [2.05, 4.69) is 0 Å². The van der Waals surface area contributed by atoms with Crippen molar-refractivity contribution in [2.75, 3.05) is 0 Å². The van der Waals surface area contributed by atoms with Crippen LogP contribution in [0.1, 0.15) is 40.0 Å². The third-order valence-electron chi connectivity index (χ3n) is 2.35. The Labute approximate surface area is 73.3 Å². The average Bonchev–Trinajstić information content (AvgIpc) is 1.99. The molecule has 1 atom stereocenters. The fourth-order valence-electron chi connectivity index (χ4n) is 1.00. The first-order valence-electron chi connectivity index (χ1n) is 4.26. The Kier molecular flexibility index (Phi) is 3.93. The topological polar surface area (TPSA) is 60.2 Å². The molecule has 3 nitrogen and oxygen atoms in total. The summed E-state index contributed by atoms with van der Waals surface area (Å²) in [7, 11) is 0. The van der Waals surface area contributed by atoms with Gasteiger partial charge in [-0.1, -0.05) is 19.8 Å². The Morgan fingerprint density at radius 3 is 2.17 bits per heavy atom. The molecule has 0 bridgehead atoms. The van der Waals surface area contributed by atoms with Crippen molar-refractivity contribution in [2.24, 2.45) is 11.1 Å². The second-order valence-corrected chi connectivity index (χ2v) is 3.36. The smallest absolute Gasteiger partial charge is 0.230 e. The minimum atomic E-state index is -0.948. The zero-order valence-corrected chi connectivity index (χ0v) is 8.02. The van der Waals surface area contributed by atoms with Crippen molar-refractivity contribution in [1.82, 2.24) is 0 Å². The SMILES string of the molecule is CCCCC(C)(C(C)=O)C(N)=O. The van der Waals surface area contributed by atoms with Gasteiger partial charge < -0.3 is 5.73 Å². The highest BCUT2D eigenvalue weighted by molar-refractivity contribution is 6.03. The van der Waals surface area contributed by atoms with Gasteiger partial charge in [0.2, 0.25) is 5.91 Å². The second-order valence-electron chi connectivity index (χ2n) is 3.36. The Balaban J connectivity index is 4.40. The van der Waals surface area contributed by atoms with Gasteiger partial charge in [-0.25, -0.2) is 0 Å². The first-order chi connectivity index (χ1) is 5.45. The van der Waals surface area contributed by atoms with E-state index in [1.165, 1.54) is 6.92 Å². The van der Waals surface area contributed by atoms with E-state index >= 15 is 0 Å². The number of Topliss-reactive ketones (excluding diaryl/α,β-unsaturated/α-hetero) is 1. The second kappa shape index (κ2) is 4.24. The van der Waals surface area contributed by atoms with Crippen LogP contribution in [0.4, 0.5) is 0 Å². The molecule has 0 aliphatic heterocycles. The molecule has 0 aliphatic carbocycles. The van der Waals surface area contributed by atoms with E-state index in [1.54, 1.807) is 6.92 Å². The maximum Gasteiger partial charge on any atom is 0.230 e. The lowest BCUT2D eigenvalue weighted by Gasteiger charge is -2.21. The van der Waals surface area contributed by atoms with Gasteiger partial charge in [-0.15, -0.1) is 0 Å². The predicted molar refractivity (Wildman–Crippen MR) is 47.5 cm³/mol. The van der Waals surface area contributed by atoms with Crippen LogP contribution in [0.5, 0.6) is 0 Å². The summed E-state index contributed by atoms with van der Waals surface area (Å²) < 4.78 is 0. The number of hydrogen-bond donors (Lipinski definition) is 1. The van der Waals surface area contributed by atoms with Crippen LogP contribution in [0.3, 0.4) is 0 Å². The largest absolute Gasteiger partial charge is 0.369 e. The van der Waals surface area contributed by atoms with Crippen LogP contribution in [0, 0.1) is 5.41 Å². The average molecular weight is 171 g/mol. The third-order valence-corrected chi connectivity index (χ3v) is 2.35. The lowest BCUT2D eigenvalue weighted by molar-refractivity contribution is -0.138. The molecule has 0 radical (unpaired) electrons. The molecule has 0 aliphatic rings. The highest BCUT2D eigenvalue weighted by atomic mass is 16.2. The van der Waals surface area contributed by atoms with Crippen molar-refractivity contribution < 1.29 is 9.59 Å². The summed E-state index contributed by atoms with van der Waals surface area (Å²) in [5.74, 6) is -0.646. The Bertz CT molecular complexity index is 173. The van der Waals surface area contributed by atoms with E-state index in [4.69, 9.17) is 5.73 Å². The quantitative estimate of drug-likeness (QED) is 0.633. The molecule has 2 N–H and O–H groups in total. The molecule has 3 heteroatoms. The molecule has 0 spiro atoms. The van der Waals surface area contributed by atoms with E-state index < -0.39 is 11.3 Å². The van der Waals surface area contributed by atoms with Crippen molar-refractivity contribution in [3.8, 4) is 0 Å². The molecule has 1 amide bonds. The third kappa shape index (κ3) is 2.32. The fraction of sp³-hybridized carbons (Fsp3) is 0.778. The highest BCUT2D eigenvalue weighted by Crippen LogP contribution is 2.24. The van der Waals surface area contributed by atoms with Gasteiger partial charge in [0.05, 0.1) is 0 Å². The summed E-state index contributed by atoms with van der Waals surface area (Å²) in [6.07, 6.45) is 2.39. The zero-order valence-electron chi connectivity index (χ0n) is 8.02. The molecular formula is C9H17NO2. The zero-order chi connectivity index (χ0) is 9.78. The van der Waals surface area contributed by atoms with E-state index in [0.717, 1.165) is 12.8 Å². The van der Waals surface area contributed by atoms with E-state index in [1.807, 2.05) is 6.92 Å². The van der Waals surface area contributed by atoms with Crippen LogP contribution in [0.15, 0.2) is 0 Å². The summed E-state index contributed by atoms with van der Waals surface area (Å²) >= 11 is 0. The normalized spacial score (nSPS) is 15.2. The molecule has 12 heavy (non-hydrogen) atoms. The van der Waals surface area contributed by atoms with Crippen LogP contribution < -0.4 is 5.73 Å². The van der Waals surface area contributed by atoms with Crippen LogP contribution in [0.25, 0.3) is 0 Å². The number of hydrogen-bond acceptors (Lipinski definition) is 2. The van der Waals surface area contributed by atoms with Crippen molar-refractivity contribution in [2.45, 2.75) is 40.0 Å². The standard InChI is InChI=1S/C9H17NO2/c1-4-5-6-9(3,7(2)11)8(10)12/h4-6H2,1-3H3,(H2,10,12). The van der Waals surface area contributed by atoms with Gasteiger partial charge in [0.15, 0.2) is 0 Å². The van der Waals surface area contributed by atoms with Gasteiger partial charge in [0.1, 0.15) is 11.2 Å². The summed E-state index contributed by atoms with van der Waals surface area (Å²) in [6, 6.07) is 0. The molecule has 0 rings (SSSR count). The molecule has 0 fully saturated rings.